The molecule has 1 aromatic heterocycles. The van der Waals surface area contributed by atoms with Crippen molar-refractivity contribution in [3.05, 3.63) is 29.6 Å². The number of carboxylic acids is 1. The molecule has 0 radical (unpaired) electrons. The average Bonchev–Trinajstić information content (AvgIpc) is 2.05. The number of rotatable bonds is 2. The molecule has 0 fully saturated rings. The first kappa shape index (κ1) is 12.2. The molecule has 0 saturated heterocycles. The third kappa shape index (κ3) is 3.30. The monoisotopic (exact) mass is 193 g/mol. The molecule has 12 heavy (non-hydrogen) atoms. The Hall–Kier alpha value is 0.216. The van der Waals surface area contributed by atoms with E-state index in [0.717, 1.165) is 0 Å². The van der Waals surface area contributed by atoms with Crippen LogP contribution in [0.15, 0.2) is 18.3 Å². The first-order chi connectivity index (χ1) is 5.24. The second-order valence-corrected chi connectivity index (χ2v) is 2.00. The van der Waals surface area contributed by atoms with E-state index in [4.69, 9.17) is 10.2 Å². The van der Waals surface area contributed by atoms with E-state index in [0.29, 0.717) is 5.69 Å². The van der Waals surface area contributed by atoms with Crippen LogP contribution in [-0.2, 0) is 6.61 Å². The van der Waals surface area contributed by atoms with Crippen LogP contribution >= 0.6 is 0 Å². The third-order valence-electron chi connectivity index (χ3n) is 1.23. The van der Waals surface area contributed by atoms with Gasteiger partial charge in [0.15, 0.2) is 0 Å². The molecule has 0 aliphatic heterocycles. The number of carbonyl (C=O) groups is 1. The van der Waals surface area contributed by atoms with Gasteiger partial charge in [0.25, 0.3) is 0 Å². The van der Waals surface area contributed by atoms with Crippen molar-refractivity contribution in [1.29, 1.82) is 0 Å². The number of aliphatic hydroxyl groups is 1. The normalized spacial score (nSPS) is 8.75. The van der Waals surface area contributed by atoms with Gasteiger partial charge in [0, 0.05) is 6.20 Å². The summed E-state index contributed by atoms with van der Waals surface area (Å²) in [4.78, 5) is 14.0. The number of aromatic carboxylic acids is 1. The van der Waals surface area contributed by atoms with Crippen LogP contribution in [0.2, 0.25) is 0 Å². The fraction of sp³-hybridized carbons (Fsp3) is 0.143. The fourth-order valence-corrected chi connectivity index (χ4v) is 0.645. The molecule has 4 nitrogen and oxygen atoms in total. The zero-order valence-corrected chi connectivity index (χ0v) is 5.69. The third-order valence-corrected chi connectivity index (χ3v) is 1.23. The van der Waals surface area contributed by atoms with Crippen molar-refractivity contribution in [3.8, 4) is 0 Å². The molecule has 60 valence electrons. The van der Waals surface area contributed by atoms with Gasteiger partial charge in [-0.2, -0.15) is 0 Å². The number of hydrogen-bond donors (Lipinski definition) is 2. The molecule has 0 spiro atoms. The van der Waals surface area contributed by atoms with Crippen LogP contribution in [0.3, 0.4) is 0 Å². The van der Waals surface area contributed by atoms with Crippen molar-refractivity contribution < 1.29 is 15.0 Å². The van der Waals surface area contributed by atoms with Gasteiger partial charge < -0.3 is 10.2 Å². The first-order valence-corrected chi connectivity index (χ1v) is 3.03. The van der Waals surface area contributed by atoms with Crippen LogP contribution in [0, 0.1) is 0 Å². The second kappa shape index (κ2) is 5.79. The summed E-state index contributed by atoms with van der Waals surface area (Å²) < 4.78 is 0. The van der Waals surface area contributed by atoms with Crippen LogP contribution in [0.1, 0.15) is 16.1 Å². The van der Waals surface area contributed by atoms with Crippen LogP contribution in [0.5, 0.6) is 0 Å². The summed E-state index contributed by atoms with van der Waals surface area (Å²) in [5, 5.41) is 17.0. The molecule has 5 heteroatoms. The molecular formula is C7H8KNO3. The molecule has 1 aromatic rings. The Morgan fingerprint density at radius 3 is 2.50 bits per heavy atom. The fourth-order valence-electron chi connectivity index (χ4n) is 0.645. The first-order valence-electron chi connectivity index (χ1n) is 3.03. The van der Waals surface area contributed by atoms with E-state index in [1.54, 1.807) is 0 Å². The molecular weight excluding hydrogens is 185 g/mol. The van der Waals surface area contributed by atoms with E-state index in [1.807, 2.05) is 0 Å². The molecule has 0 aliphatic rings. The molecule has 0 bridgehead atoms. The van der Waals surface area contributed by atoms with Crippen molar-refractivity contribution in [2.75, 3.05) is 0 Å². The number of nitrogens with zero attached hydrogens (tertiary/aromatic N) is 1. The molecule has 0 aliphatic carbocycles. The summed E-state index contributed by atoms with van der Waals surface area (Å²) in [6.07, 6.45) is 1.22. The number of carboxylic acid groups (broad SMARTS) is 1. The van der Waals surface area contributed by atoms with E-state index in [9.17, 15) is 4.79 Å². The summed E-state index contributed by atoms with van der Waals surface area (Å²) in [6.45, 7) is -0.167. The van der Waals surface area contributed by atoms with Crippen LogP contribution in [0.4, 0.5) is 0 Å². The Morgan fingerprint density at radius 2 is 2.17 bits per heavy atom. The number of hydrogen-bond acceptors (Lipinski definition) is 3. The van der Waals surface area contributed by atoms with Gasteiger partial charge in [-0.3, -0.25) is 4.98 Å². The second-order valence-electron chi connectivity index (χ2n) is 2.00. The van der Waals surface area contributed by atoms with Crippen LogP contribution in [0.25, 0.3) is 0 Å². The van der Waals surface area contributed by atoms with E-state index in [1.165, 1.54) is 18.3 Å². The maximum absolute atomic E-state index is 10.3. The number of aromatic nitrogens is 1. The topological polar surface area (TPSA) is 70.4 Å². The predicted molar refractivity (Wildman–Crippen MR) is 44.3 cm³/mol. The molecule has 0 amide bonds. The van der Waals surface area contributed by atoms with E-state index < -0.39 is 5.97 Å². The van der Waals surface area contributed by atoms with Gasteiger partial charge in [0.1, 0.15) is 0 Å². The number of pyridine rings is 1. The summed E-state index contributed by atoms with van der Waals surface area (Å²) in [5.74, 6) is -1.01. The summed E-state index contributed by atoms with van der Waals surface area (Å²) >= 11 is 0. The molecule has 0 atom stereocenters. The Bertz CT molecular complexity index is 260. The summed E-state index contributed by atoms with van der Waals surface area (Å²) in [7, 11) is 0. The number of aliphatic hydroxyl groups excluding tert-OH is 1. The Kier molecular flexibility index (Phi) is 5.90. The Balaban J connectivity index is 0.00000121. The summed E-state index contributed by atoms with van der Waals surface area (Å²) in [6, 6.07) is 2.88. The maximum atomic E-state index is 10.3. The molecule has 0 aromatic carbocycles. The summed E-state index contributed by atoms with van der Waals surface area (Å²) in [5.41, 5.74) is 0.595. The predicted octanol–water partition coefficient (Wildman–Crippen LogP) is -0.376. The molecule has 2 N–H and O–H groups in total. The van der Waals surface area contributed by atoms with E-state index in [-0.39, 0.29) is 63.6 Å². The van der Waals surface area contributed by atoms with Gasteiger partial charge in [0.05, 0.1) is 17.9 Å². The van der Waals surface area contributed by atoms with Gasteiger partial charge in [-0.1, -0.05) is 0 Å². The zero-order chi connectivity index (χ0) is 8.27. The van der Waals surface area contributed by atoms with Gasteiger partial charge >= 0.3 is 57.4 Å². The van der Waals surface area contributed by atoms with Crippen LogP contribution in [-0.4, -0.2) is 72.6 Å². The van der Waals surface area contributed by atoms with Gasteiger partial charge in [-0.15, -0.1) is 0 Å². The SMILES string of the molecule is O=C(O)c1ccc(CO)nc1.[KH]. The standard InChI is InChI=1S/C7H7NO3.K.H/c9-4-6-2-1-5(3-8-6)7(10)11;;/h1-3,9H,4H2,(H,10,11);;. The van der Waals surface area contributed by atoms with Crippen molar-refractivity contribution in [3.63, 3.8) is 0 Å². The Labute approximate surface area is 112 Å². The quantitative estimate of drug-likeness (QED) is 0.628. The molecule has 1 rings (SSSR count). The van der Waals surface area contributed by atoms with E-state index in [2.05, 4.69) is 4.98 Å². The molecule has 1 heterocycles. The van der Waals surface area contributed by atoms with Crippen LogP contribution < -0.4 is 0 Å². The van der Waals surface area contributed by atoms with Crippen molar-refractivity contribution >= 4 is 57.4 Å². The average molecular weight is 193 g/mol. The molecule has 0 unspecified atom stereocenters. The molecule has 0 saturated carbocycles. The van der Waals surface area contributed by atoms with Gasteiger partial charge in [0.2, 0.25) is 0 Å². The van der Waals surface area contributed by atoms with Crippen molar-refractivity contribution in [2.24, 2.45) is 0 Å². The van der Waals surface area contributed by atoms with Crippen molar-refractivity contribution in [1.82, 2.24) is 4.98 Å². The van der Waals surface area contributed by atoms with Gasteiger partial charge in [-0.25, -0.2) is 4.79 Å². The zero-order valence-electron chi connectivity index (χ0n) is 5.69. The van der Waals surface area contributed by atoms with E-state index >= 15 is 0 Å². The minimum atomic E-state index is -1.01. The Morgan fingerprint density at radius 1 is 1.50 bits per heavy atom. The van der Waals surface area contributed by atoms with Gasteiger partial charge in [-0.05, 0) is 12.1 Å². The van der Waals surface area contributed by atoms with Crippen molar-refractivity contribution in [2.45, 2.75) is 6.61 Å². The minimum absolute atomic E-state index is 0.